The lowest BCUT2D eigenvalue weighted by molar-refractivity contribution is 0.0966. The number of carbonyl (C=O) groups excluding carboxylic acids is 1. The van der Waals surface area contributed by atoms with Gasteiger partial charge in [0.15, 0.2) is 0 Å². The van der Waals surface area contributed by atoms with E-state index < -0.39 is 0 Å². The van der Waals surface area contributed by atoms with Gasteiger partial charge in [0, 0.05) is 10.9 Å². The van der Waals surface area contributed by atoms with Gasteiger partial charge in [-0.05, 0) is 17.2 Å². The van der Waals surface area contributed by atoms with Crippen molar-refractivity contribution in [3.8, 4) is 11.1 Å². The van der Waals surface area contributed by atoms with Crippen molar-refractivity contribution in [1.29, 1.82) is 0 Å². The Hall–Kier alpha value is -2.94. The Morgan fingerprint density at radius 2 is 1.86 bits per heavy atom. The number of carbonyl (C=O) groups is 1. The van der Waals surface area contributed by atoms with Gasteiger partial charge in [-0.1, -0.05) is 55.1 Å². The standard InChI is InChI=1S/C19H14N2O/c1-2-12-6-3-4-8-14(12)15-9-5-7-13-10-16-17(21-18(13)15)11-20-19(16)22/h2-10H,1,11H2,(H,20,22). The van der Waals surface area contributed by atoms with Crippen molar-refractivity contribution in [3.63, 3.8) is 0 Å². The normalized spacial score (nSPS) is 13.0. The van der Waals surface area contributed by atoms with Crippen molar-refractivity contribution in [2.75, 3.05) is 0 Å². The van der Waals surface area contributed by atoms with Crippen LogP contribution >= 0.6 is 0 Å². The van der Waals surface area contributed by atoms with Crippen LogP contribution in [0.2, 0.25) is 0 Å². The molecule has 3 heteroatoms. The van der Waals surface area contributed by atoms with Gasteiger partial charge in [0.1, 0.15) is 0 Å². The highest BCUT2D eigenvalue weighted by Crippen LogP contribution is 2.32. The summed E-state index contributed by atoms with van der Waals surface area (Å²) in [6, 6.07) is 16.1. The second kappa shape index (κ2) is 4.81. The molecule has 3 aromatic rings. The highest BCUT2D eigenvalue weighted by atomic mass is 16.1. The van der Waals surface area contributed by atoms with Crippen molar-refractivity contribution in [3.05, 3.63) is 71.9 Å². The number of nitrogens with one attached hydrogen (secondary N) is 1. The van der Waals surface area contributed by atoms with Crippen molar-refractivity contribution in [1.82, 2.24) is 10.3 Å². The van der Waals surface area contributed by atoms with E-state index in [9.17, 15) is 4.79 Å². The molecule has 0 fully saturated rings. The molecule has 1 N–H and O–H groups in total. The first kappa shape index (κ1) is 12.8. The fraction of sp³-hybridized carbons (Fsp3) is 0.0526. The highest BCUT2D eigenvalue weighted by molar-refractivity contribution is 6.03. The second-order valence-corrected chi connectivity index (χ2v) is 5.33. The number of nitrogens with zero attached hydrogens (tertiary/aromatic N) is 1. The van der Waals surface area contributed by atoms with Gasteiger partial charge in [-0.2, -0.15) is 0 Å². The van der Waals surface area contributed by atoms with Crippen LogP contribution in [0, 0.1) is 0 Å². The predicted octanol–water partition coefficient (Wildman–Crippen LogP) is 3.79. The molecule has 0 saturated heterocycles. The average Bonchev–Trinajstić information content (AvgIpc) is 2.93. The predicted molar refractivity (Wildman–Crippen MR) is 88.4 cm³/mol. The molecule has 0 unspecified atom stereocenters. The molecule has 0 aliphatic carbocycles. The van der Waals surface area contributed by atoms with Crippen molar-refractivity contribution >= 4 is 22.9 Å². The van der Waals surface area contributed by atoms with Crippen molar-refractivity contribution in [2.24, 2.45) is 0 Å². The van der Waals surface area contributed by atoms with Gasteiger partial charge in [-0.25, -0.2) is 4.98 Å². The first-order chi connectivity index (χ1) is 10.8. The Morgan fingerprint density at radius 3 is 2.73 bits per heavy atom. The Kier molecular flexibility index (Phi) is 2.79. The summed E-state index contributed by atoms with van der Waals surface area (Å²) in [5.41, 5.74) is 5.67. The third-order valence-electron chi connectivity index (χ3n) is 4.06. The summed E-state index contributed by atoms with van der Waals surface area (Å²) in [5.74, 6) is -0.0405. The van der Waals surface area contributed by atoms with Gasteiger partial charge in [-0.15, -0.1) is 0 Å². The topological polar surface area (TPSA) is 42.0 Å². The largest absolute Gasteiger partial charge is 0.346 e. The van der Waals surface area contributed by atoms with Crippen LogP contribution in [0.4, 0.5) is 0 Å². The smallest absolute Gasteiger partial charge is 0.253 e. The molecule has 1 aliphatic heterocycles. The monoisotopic (exact) mass is 286 g/mol. The van der Waals surface area contributed by atoms with E-state index in [1.54, 1.807) is 0 Å². The first-order valence-corrected chi connectivity index (χ1v) is 7.20. The summed E-state index contributed by atoms with van der Waals surface area (Å²) in [6.07, 6.45) is 1.85. The molecule has 3 nitrogen and oxygen atoms in total. The molecule has 1 amide bonds. The number of hydrogen-bond donors (Lipinski definition) is 1. The number of amides is 1. The molecule has 1 aliphatic rings. The van der Waals surface area contributed by atoms with E-state index in [0.717, 1.165) is 33.3 Å². The quantitative estimate of drug-likeness (QED) is 0.778. The SMILES string of the molecule is C=Cc1ccccc1-c1cccc2cc3c(nc12)CNC3=O. The number of rotatable bonds is 2. The van der Waals surface area contributed by atoms with Crippen molar-refractivity contribution in [2.45, 2.75) is 6.54 Å². The van der Waals surface area contributed by atoms with Crippen LogP contribution in [0.3, 0.4) is 0 Å². The van der Waals surface area contributed by atoms with Gasteiger partial charge < -0.3 is 5.32 Å². The molecule has 22 heavy (non-hydrogen) atoms. The maximum atomic E-state index is 11.8. The summed E-state index contributed by atoms with van der Waals surface area (Å²) < 4.78 is 0. The molecule has 0 spiro atoms. The molecule has 4 rings (SSSR count). The van der Waals surface area contributed by atoms with Crippen LogP contribution in [-0.4, -0.2) is 10.9 Å². The number of benzene rings is 2. The Balaban J connectivity index is 2.03. The van der Waals surface area contributed by atoms with Crippen LogP contribution in [0.15, 0.2) is 55.1 Å². The van der Waals surface area contributed by atoms with E-state index in [0.29, 0.717) is 12.1 Å². The molecule has 106 valence electrons. The number of aromatic nitrogens is 1. The van der Waals surface area contributed by atoms with Gasteiger partial charge in [0.2, 0.25) is 0 Å². The minimum Gasteiger partial charge on any atom is -0.346 e. The highest BCUT2D eigenvalue weighted by Gasteiger charge is 2.21. The summed E-state index contributed by atoms with van der Waals surface area (Å²) in [6.45, 7) is 4.39. The Bertz CT molecular complexity index is 928. The van der Waals surface area contributed by atoms with E-state index in [2.05, 4.69) is 24.0 Å². The van der Waals surface area contributed by atoms with Gasteiger partial charge in [-0.3, -0.25) is 4.79 Å². The van der Waals surface area contributed by atoms with E-state index in [-0.39, 0.29) is 5.91 Å². The maximum absolute atomic E-state index is 11.8. The van der Waals surface area contributed by atoms with Gasteiger partial charge >= 0.3 is 0 Å². The zero-order valence-electron chi connectivity index (χ0n) is 12.0. The lowest BCUT2D eigenvalue weighted by Crippen LogP contribution is -2.12. The van der Waals surface area contributed by atoms with E-state index in [1.165, 1.54) is 0 Å². The molecular formula is C19H14N2O. The summed E-state index contributed by atoms with van der Waals surface area (Å²) in [4.78, 5) is 16.5. The van der Waals surface area contributed by atoms with E-state index in [1.807, 2.05) is 42.5 Å². The zero-order valence-corrected chi connectivity index (χ0v) is 12.0. The van der Waals surface area contributed by atoms with Gasteiger partial charge in [0.25, 0.3) is 5.91 Å². The van der Waals surface area contributed by atoms with Crippen molar-refractivity contribution < 1.29 is 4.79 Å². The number of para-hydroxylation sites is 1. The fourth-order valence-electron chi connectivity index (χ4n) is 2.96. The lowest BCUT2D eigenvalue weighted by Gasteiger charge is -2.10. The Labute approximate surface area is 128 Å². The van der Waals surface area contributed by atoms with Gasteiger partial charge in [0.05, 0.1) is 23.3 Å². The minimum atomic E-state index is -0.0405. The minimum absolute atomic E-state index is 0.0405. The van der Waals surface area contributed by atoms with E-state index in [4.69, 9.17) is 4.98 Å². The van der Waals surface area contributed by atoms with Crippen LogP contribution in [-0.2, 0) is 6.54 Å². The molecule has 0 atom stereocenters. The number of pyridine rings is 1. The third-order valence-corrected chi connectivity index (χ3v) is 4.06. The third kappa shape index (κ3) is 1.83. The van der Waals surface area contributed by atoms with E-state index >= 15 is 0 Å². The second-order valence-electron chi connectivity index (χ2n) is 5.33. The number of fused-ring (bicyclic) bond motifs is 2. The maximum Gasteiger partial charge on any atom is 0.253 e. The molecular weight excluding hydrogens is 272 g/mol. The summed E-state index contributed by atoms with van der Waals surface area (Å²) in [7, 11) is 0. The number of hydrogen-bond acceptors (Lipinski definition) is 2. The van der Waals surface area contributed by atoms with Crippen LogP contribution < -0.4 is 5.32 Å². The lowest BCUT2D eigenvalue weighted by atomic mass is 9.96. The van der Waals surface area contributed by atoms with Crippen LogP contribution in [0.25, 0.3) is 28.1 Å². The summed E-state index contributed by atoms with van der Waals surface area (Å²) >= 11 is 0. The molecule has 0 radical (unpaired) electrons. The average molecular weight is 286 g/mol. The molecule has 0 bridgehead atoms. The molecule has 2 aromatic carbocycles. The summed E-state index contributed by atoms with van der Waals surface area (Å²) in [5, 5.41) is 3.80. The molecule has 2 heterocycles. The first-order valence-electron chi connectivity index (χ1n) is 7.20. The Morgan fingerprint density at radius 1 is 1.05 bits per heavy atom. The van der Waals surface area contributed by atoms with Crippen LogP contribution in [0.5, 0.6) is 0 Å². The molecule has 1 aromatic heterocycles. The molecule has 0 saturated carbocycles. The fourth-order valence-corrected chi connectivity index (χ4v) is 2.96. The zero-order chi connectivity index (χ0) is 15.1. The van der Waals surface area contributed by atoms with Crippen LogP contribution in [0.1, 0.15) is 21.6 Å².